The molecule has 0 aromatic heterocycles. The number of rotatable bonds is 11. The average Bonchev–Trinajstić information content (AvgIpc) is 3.01. The van der Waals surface area contributed by atoms with Crippen LogP contribution in [0.5, 0.6) is 17.2 Å². The number of aliphatic hydroxyl groups is 1. The number of carbonyl (C=O) groups is 2. The van der Waals surface area contributed by atoms with Crippen molar-refractivity contribution in [3.63, 3.8) is 0 Å². The van der Waals surface area contributed by atoms with Crippen LogP contribution in [0.4, 0.5) is 15.8 Å². The first-order valence-corrected chi connectivity index (χ1v) is 13.9. The summed E-state index contributed by atoms with van der Waals surface area (Å²) in [5, 5.41) is 16.8. The quantitative estimate of drug-likeness (QED) is 0.157. The number of benzene rings is 3. The molecule has 4 rings (SSSR count). The van der Waals surface area contributed by atoms with Crippen LogP contribution in [-0.4, -0.2) is 69.5 Å². The molecule has 0 bridgehead atoms. The molecule has 2 amide bonds. The molecule has 0 spiro atoms. The summed E-state index contributed by atoms with van der Waals surface area (Å²) in [5.41, 5.74) is 2.01. The van der Waals surface area contributed by atoms with Gasteiger partial charge in [0.15, 0.2) is 11.5 Å². The molecule has 3 N–H and O–H groups in total. The molecule has 1 heterocycles. The van der Waals surface area contributed by atoms with E-state index in [2.05, 4.69) is 17.2 Å². The van der Waals surface area contributed by atoms with E-state index >= 15 is 0 Å². The number of halogens is 1. The lowest BCUT2D eigenvalue weighted by Gasteiger charge is -2.29. The second kappa shape index (κ2) is 14.4. The van der Waals surface area contributed by atoms with Crippen molar-refractivity contribution >= 4 is 28.8 Å². The number of ether oxygens (including phenoxy) is 4. The number of carbonyl (C=O) groups excluding carboxylic acids is 2. The Balaban J connectivity index is 1.56. The molecule has 44 heavy (non-hydrogen) atoms. The van der Waals surface area contributed by atoms with Crippen LogP contribution in [0.15, 0.2) is 72.6 Å². The maximum atomic E-state index is 14.9. The Morgan fingerprint density at radius 3 is 2.23 bits per heavy atom. The minimum absolute atomic E-state index is 0.0107. The van der Waals surface area contributed by atoms with Gasteiger partial charge in [-0.15, -0.1) is 0 Å². The molecular weight excluding hydrogens is 569 g/mol. The highest BCUT2D eigenvalue weighted by atomic mass is 19.1. The van der Waals surface area contributed by atoms with E-state index in [1.807, 2.05) is 0 Å². The third-order valence-corrected chi connectivity index (χ3v) is 7.08. The van der Waals surface area contributed by atoms with Crippen molar-refractivity contribution in [1.82, 2.24) is 4.90 Å². The smallest absolute Gasteiger partial charge is 0.261 e. The first-order chi connectivity index (χ1) is 21.2. The Morgan fingerprint density at radius 2 is 1.61 bits per heavy atom. The van der Waals surface area contributed by atoms with Gasteiger partial charge in [0.05, 0.1) is 41.0 Å². The van der Waals surface area contributed by atoms with Gasteiger partial charge in [0, 0.05) is 42.2 Å². The highest BCUT2D eigenvalue weighted by molar-refractivity contribution is 6.15. The van der Waals surface area contributed by atoms with Crippen molar-refractivity contribution in [2.45, 2.75) is 13.3 Å². The van der Waals surface area contributed by atoms with Crippen LogP contribution < -0.4 is 24.8 Å². The number of morpholine rings is 1. The topological polar surface area (TPSA) is 119 Å². The summed E-state index contributed by atoms with van der Waals surface area (Å²) in [5.74, 6) is -0.698. The van der Waals surface area contributed by atoms with Crippen molar-refractivity contribution in [3.8, 4) is 17.2 Å². The lowest BCUT2D eigenvalue weighted by Crippen LogP contribution is -2.37. The Morgan fingerprint density at radius 1 is 0.955 bits per heavy atom. The summed E-state index contributed by atoms with van der Waals surface area (Å²) < 4.78 is 36.3. The predicted octanol–water partition coefficient (Wildman–Crippen LogP) is 5.09. The van der Waals surface area contributed by atoms with E-state index in [9.17, 15) is 19.1 Å². The van der Waals surface area contributed by atoms with E-state index < -0.39 is 11.7 Å². The van der Waals surface area contributed by atoms with Crippen LogP contribution >= 0.6 is 0 Å². The van der Waals surface area contributed by atoms with E-state index in [0.717, 1.165) is 0 Å². The zero-order chi connectivity index (χ0) is 31.8. The summed E-state index contributed by atoms with van der Waals surface area (Å²) in [6.45, 7) is 7.14. The molecule has 11 heteroatoms. The van der Waals surface area contributed by atoms with Gasteiger partial charge in [-0.05, 0) is 41.8 Å². The maximum Gasteiger partial charge on any atom is 0.261 e. The van der Waals surface area contributed by atoms with Crippen molar-refractivity contribution in [2.24, 2.45) is 0 Å². The van der Waals surface area contributed by atoms with Crippen molar-refractivity contribution < 1.29 is 38.0 Å². The maximum absolute atomic E-state index is 14.9. The number of nitrogens with zero attached hydrogens (tertiary/aromatic N) is 1. The molecule has 0 radical (unpaired) electrons. The largest absolute Gasteiger partial charge is 0.494 e. The molecule has 232 valence electrons. The number of anilines is 2. The Hall–Kier alpha value is -5.03. The van der Waals surface area contributed by atoms with Gasteiger partial charge in [0.2, 0.25) is 17.5 Å². The summed E-state index contributed by atoms with van der Waals surface area (Å²) >= 11 is 0. The van der Waals surface area contributed by atoms with Crippen LogP contribution in [0.1, 0.15) is 16.7 Å². The van der Waals surface area contributed by atoms with Gasteiger partial charge in [0.1, 0.15) is 11.4 Å². The fraction of sp³-hybridized carbons (Fsp3) is 0.273. The molecule has 1 aliphatic heterocycles. The molecule has 3 aromatic carbocycles. The van der Waals surface area contributed by atoms with Gasteiger partial charge < -0.3 is 39.6 Å². The molecule has 1 saturated heterocycles. The molecular formula is C33H36FN3O7. The Labute approximate surface area is 255 Å². The number of nitrogens with one attached hydrogen (secondary N) is 2. The fourth-order valence-electron chi connectivity index (χ4n) is 4.94. The SMILES string of the molecule is C=C(/C(C(=O)Nc1cccc(CC(=O)Nc2cc(OC)c(OC)c(OC)c2)c1)=C(\O)N1CCOCC1)c1c(C)cccc1F. The van der Waals surface area contributed by atoms with Crippen molar-refractivity contribution in [3.05, 3.63) is 95.1 Å². The molecule has 0 atom stereocenters. The van der Waals surface area contributed by atoms with Gasteiger partial charge in [0.25, 0.3) is 5.91 Å². The van der Waals surface area contributed by atoms with E-state index in [0.29, 0.717) is 66.1 Å². The number of aliphatic hydroxyl groups excluding tert-OH is 1. The van der Waals surface area contributed by atoms with Crippen molar-refractivity contribution in [1.29, 1.82) is 0 Å². The lowest BCUT2D eigenvalue weighted by molar-refractivity contribution is -0.115. The first kappa shape index (κ1) is 31.9. The Kier molecular flexibility index (Phi) is 10.5. The number of methoxy groups -OCH3 is 3. The van der Waals surface area contributed by atoms with Gasteiger partial charge >= 0.3 is 0 Å². The zero-order valence-corrected chi connectivity index (χ0v) is 25.2. The first-order valence-electron chi connectivity index (χ1n) is 13.9. The van der Waals surface area contributed by atoms with Crippen LogP contribution in [-0.2, 0) is 20.7 Å². The van der Waals surface area contributed by atoms with Crippen LogP contribution in [0.25, 0.3) is 5.57 Å². The minimum Gasteiger partial charge on any atom is -0.494 e. The third-order valence-electron chi connectivity index (χ3n) is 7.08. The normalized spacial score (nSPS) is 13.4. The molecule has 0 saturated carbocycles. The summed E-state index contributed by atoms with van der Waals surface area (Å²) in [6, 6.07) is 14.5. The number of amides is 2. The number of hydrogen-bond acceptors (Lipinski definition) is 8. The second-order valence-corrected chi connectivity index (χ2v) is 10.0. The zero-order valence-electron chi connectivity index (χ0n) is 25.2. The van der Waals surface area contributed by atoms with E-state index in [1.165, 1.54) is 27.4 Å². The fourth-order valence-corrected chi connectivity index (χ4v) is 4.94. The summed E-state index contributed by atoms with van der Waals surface area (Å²) in [6.07, 6.45) is -0.0107. The van der Waals surface area contributed by atoms with Gasteiger partial charge in [-0.3, -0.25) is 9.59 Å². The van der Waals surface area contributed by atoms with Gasteiger partial charge in [-0.25, -0.2) is 4.39 Å². The van der Waals surface area contributed by atoms with E-state index in [1.54, 1.807) is 60.4 Å². The Bertz CT molecular complexity index is 1540. The lowest BCUT2D eigenvalue weighted by atomic mass is 9.94. The van der Waals surface area contributed by atoms with Crippen LogP contribution in [0, 0.1) is 12.7 Å². The molecule has 0 aliphatic carbocycles. The van der Waals surface area contributed by atoms with Crippen molar-refractivity contribution in [2.75, 3.05) is 58.3 Å². The summed E-state index contributed by atoms with van der Waals surface area (Å²) in [7, 11) is 4.46. The highest BCUT2D eigenvalue weighted by Gasteiger charge is 2.27. The molecule has 3 aromatic rings. The number of aryl methyl sites for hydroxylation is 1. The highest BCUT2D eigenvalue weighted by Crippen LogP contribution is 2.40. The molecule has 1 aliphatic rings. The predicted molar refractivity (Wildman–Crippen MR) is 166 cm³/mol. The number of hydrogen-bond donors (Lipinski definition) is 3. The summed E-state index contributed by atoms with van der Waals surface area (Å²) in [4.78, 5) is 28.2. The van der Waals surface area contributed by atoms with Crippen LogP contribution in [0.2, 0.25) is 0 Å². The van der Waals surface area contributed by atoms with Gasteiger partial charge in [-0.1, -0.05) is 30.8 Å². The van der Waals surface area contributed by atoms with E-state index in [4.69, 9.17) is 18.9 Å². The second-order valence-electron chi connectivity index (χ2n) is 10.0. The van der Waals surface area contributed by atoms with Crippen LogP contribution in [0.3, 0.4) is 0 Å². The van der Waals surface area contributed by atoms with Gasteiger partial charge in [-0.2, -0.15) is 0 Å². The molecule has 1 fully saturated rings. The minimum atomic E-state index is -0.680. The molecule has 10 nitrogen and oxygen atoms in total. The molecule has 0 unspecified atom stereocenters. The third kappa shape index (κ3) is 7.30. The standard InChI is InChI=1S/C33H36FN3O7/c1-20-8-6-11-25(34)29(20)21(2)30(33(40)37-12-14-44-15-13-37)32(39)36-23-10-7-9-22(16-23)17-28(38)35-24-18-26(41-3)31(43-5)27(19-24)42-4/h6-11,16,18-19,40H,2,12-15,17H2,1,3-5H3,(H,35,38)(H,36,39)/b33-30+. The monoisotopic (exact) mass is 605 g/mol. The average molecular weight is 606 g/mol. The van der Waals surface area contributed by atoms with E-state index in [-0.39, 0.29) is 34.9 Å².